The number of carboxylic acids is 1. The number of rotatable bonds is 8. The van der Waals surface area contributed by atoms with Crippen LogP contribution in [0.25, 0.3) is 0 Å². The molecule has 0 aliphatic carbocycles. The molecule has 0 heterocycles. The molecule has 1 rings (SSSR count). The summed E-state index contributed by atoms with van der Waals surface area (Å²) in [5.41, 5.74) is 0.487. The van der Waals surface area contributed by atoms with Crippen molar-refractivity contribution in [3.63, 3.8) is 0 Å². The standard InChI is InChI=1S/C14H18ClNO5/c1-3-9(2)20-7-13(17)16-10-4-5-12(11(15)6-10)21-8-14(18)19/h4-6,9H,3,7-8H2,1-2H3,(H,16,17)(H,18,19). The van der Waals surface area contributed by atoms with Crippen LogP contribution in [0.3, 0.4) is 0 Å². The van der Waals surface area contributed by atoms with Crippen LogP contribution >= 0.6 is 11.6 Å². The highest BCUT2D eigenvalue weighted by atomic mass is 35.5. The largest absolute Gasteiger partial charge is 0.480 e. The second-order valence-corrected chi connectivity index (χ2v) is 4.81. The average molecular weight is 316 g/mol. The Morgan fingerprint density at radius 2 is 2.10 bits per heavy atom. The first-order valence-electron chi connectivity index (χ1n) is 6.48. The highest BCUT2D eigenvalue weighted by Crippen LogP contribution is 2.27. The number of aliphatic carboxylic acids is 1. The fraction of sp³-hybridized carbons (Fsp3) is 0.429. The van der Waals surface area contributed by atoms with Gasteiger partial charge in [0.15, 0.2) is 6.61 Å². The predicted octanol–water partition coefficient (Wildman–Crippen LogP) is 2.56. The summed E-state index contributed by atoms with van der Waals surface area (Å²) in [4.78, 5) is 22.1. The summed E-state index contributed by atoms with van der Waals surface area (Å²) >= 11 is 5.95. The quantitative estimate of drug-likeness (QED) is 0.770. The van der Waals surface area contributed by atoms with Crippen LogP contribution in [0.15, 0.2) is 18.2 Å². The van der Waals surface area contributed by atoms with Crippen molar-refractivity contribution in [2.75, 3.05) is 18.5 Å². The van der Waals surface area contributed by atoms with Crippen LogP contribution in [-0.2, 0) is 14.3 Å². The van der Waals surface area contributed by atoms with Gasteiger partial charge in [0.25, 0.3) is 0 Å². The van der Waals surface area contributed by atoms with Gasteiger partial charge in [-0.15, -0.1) is 0 Å². The molecular weight excluding hydrogens is 298 g/mol. The minimum Gasteiger partial charge on any atom is -0.480 e. The number of anilines is 1. The van der Waals surface area contributed by atoms with Crippen LogP contribution in [-0.4, -0.2) is 36.3 Å². The number of benzene rings is 1. The number of nitrogens with one attached hydrogen (secondary N) is 1. The van der Waals surface area contributed by atoms with E-state index in [1.54, 1.807) is 6.07 Å². The Kier molecular flexibility index (Phi) is 6.98. The van der Waals surface area contributed by atoms with Gasteiger partial charge in [0, 0.05) is 5.69 Å². The Hall–Kier alpha value is -1.79. The normalized spacial score (nSPS) is 11.8. The molecule has 0 saturated carbocycles. The third-order valence-corrected chi connectivity index (χ3v) is 2.94. The summed E-state index contributed by atoms with van der Waals surface area (Å²) in [6.45, 7) is 3.34. The second kappa shape index (κ2) is 8.49. The molecule has 1 unspecified atom stereocenters. The van der Waals surface area contributed by atoms with E-state index in [0.717, 1.165) is 6.42 Å². The van der Waals surface area contributed by atoms with Crippen molar-refractivity contribution in [3.8, 4) is 5.75 Å². The maximum absolute atomic E-state index is 11.7. The zero-order chi connectivity index (χ0) is 15.8. The molecule has 1 aromatic rings. The van der Waals surface area contributed by atoms with Crippen molar-refractivity contribution in [1.29, 1.82) is 0 Å². The first kappa shape index (κ1) is 17.3. The van der Waals surface area contributed by atoms with Crippen molar-refractivity contribution in [3.05, 3.63) is 23.2 Å². The zero-order valence-electron chi connectivity index (χ0n) is 11.9. The third-order valence-electron chi connectivity index (χ3n) is 2.64. The maximum Gasteiger partial charge on any atom is 0.341 e. The van der Waals surface area contributed by atoms with Gasteiger partial charge in [0.05, 0.1) is 11.1 Å². The number of hydrogen-bond donors (Lipinski definition) is 2. The van der Waals surface area contributed by atoms with Crippen molar-refractivity contribution >= 4 is 29.2 Å². The molecule has 6 nitrogen and oxygen atoms in total. The van der Waals surface area contributed by atoms with Gasteiger partial charge in [-0.05, 0) is 31.5 Å². The van der Waals surface area contributed by atoms with Gasteiger partial charge < -0.3 is 19.9 Å². The highest BCUT2D eigenvalue weighted by molar-refractivity contribution is 6.32. The van der Waals surface area contributed by atoms with Crippen molar-refractivity contribution in [2.45, 2.75) is 26.4 Å². The Morgan fingerprint density at radius 1 is 1.38 bits per heavy atom. The number of halogens is 1. The van der Waals surface area contributed by atoms with E-state index < -0.39 is 12.6 Å². The Labute approximate surface area is 128 Å². The first-order valence-corrected chi connectivity index (χ1v) is 6.85. The summed E-state index contributed by atoms with van der Waals surface area (Å²) in [6.07, 6.45) is 0.848. The van der Waals surface area contributed by atoms with Gasteiger partial charge in [-0.3, -0.25) is 4.79 Å². The molecule has 116 valence electrons. The van der Waals surface area contributed by atoms with Gasteiger partial charge in [0.2, 0.25) is 5.91 Å². The van der Waals surface area contributed by atoms with Gasteiger partial charge >= 0.3 is 5.97 Å². The van der Waals surface area contributed by atoms with Crippen LogP contribution in [0.2, 0.25) is 5.02 Å². The fourth-order valence-electron chi connectivity index (χ4n) is 1.37. The minimum absolute atomic E-state index is 0.0196. The van der Waals surface area contributed by atoms with E-state index in [4.69, 9.17) is 26.2 Å². The van der Waals surface area contributed by atoms with E-state index in [1.807, 2.05) is 13.8 Å². The van der Waals surface area contributed by atoms with Gasteiger partial charge in [-0.2, -0.15) is 0 Å². The number of carbonyl (C=O) groups is 2. The van der Waals surface area contributed by atoms with E-state index in [2.05, 4.69) is 5.32 Å². The van der Waals surface area contributed by atoms with E-state index >= 15 is 0 Å². The molecular formula is C14H18ClNO5. The molecule has 2 N–H and O–H groups in total. The molecule has 0 saturated heterocycles. The summed E-state index contributed by atoms with van der Waals surface area (Å²) in [5, 5.41) is 11.4. The van der Waals surface area contributed by atoms with Crippen molar-refractivity contribution in [1.82, 2.24) is 0 Å². The van der Waals surface area contributed by atoms with Crippen LogP contribution in [0, 0.1) is 0 Å². The number of carbonyl (C=O) groups excluding carboxylic acids is 1. The Morgan fingerprint density at radius 3 is 2.67 bits per heavy atom. The molecule has 1 atom stereocenters. The number of hydrogen-bond acceptors (Lipinski definition) is 4. The molecule has 1 amide bonds. The average Bonchev–Trinajstić information content (AvgIpc) is 2.43. The van der Waals surface area contributed by atoms with Gasteiger partial charge in [-0.1, -0.05) is 18.5 Å². The van der Waals surface area contributed by atoms with Crippen LogP contribution in [0.1, 0.15) is 20.3 Å². The van der Waals surface area contributed by atoms with Crippen molar-refractivity contribution < 1.29 is 24.2 Å². The first-order chi connectivity index (χ1) is 9.92. The van der Waals surface area contributed by atoms with Gasteiger partial charge in [-0.25, -0.2) is 4.79 Å². The lowest BCUT2D eigenvalue weighted by atomic mass is 10.3. The smallest absolute Gasteiger partial charge is 0.341 e. The SMILES string of the molecule is CCC(C)OCC(=O)Nc1ccc(OCC(=O)O)c(Cl)c1. The summed E-state index contributed by atoms with van der Waals surface area (Å²) in [7, 11) is 0. The highest BCUT2D eigenvalue weighted by Gasteiger charge is 2.09. The number of amides is 1. The summed E-state index contributed by atoms with van der Waals surface area (Å²) < 4.78 is 10.3. The molecule has 7 heteroatoms. The Bertz CT molecular complexity index is 506. The zero-order valence-corrected chi connectivity index (χ0v) is 12.6. The van der Waals surface area contributed by atoms with E-state index in [1.165, 1.54) is 12.1 Å². The van der Waals surface area contributed by atoms with Gasteiger partial charge in [0.1, 0.15) is 12.4 Å². The molecule has 0 radical (unpaired) electrons. The van der Waals surface area contributed by atoms with Crippen LogP contribution < -0.4 is 10.1 Å². The molecule has 0 aliphatic rings. The Balaban J connectivity index is 2.54. The third kappa shape index (κ3) is 6.46. The molecule has 0 spiro atoms. The second-order valence-electron chi connectivity index (χ2n) is 4.41. The van der Waals surface area contributed by atoms with E-state index in [9.17, 15) is 9.59 Å². The fourth-order valence-corrected chi connectivity index (χ4v) is 1.60. The maximum atomic E-state index is 11.7. The number of ether oxygens (including phenoxy) is 2. The van der Waals surface area contributed by atoms with Crippen LogP contribution in [0.5, 0.6) is 5.75 Å². The molecule has 21 heavy (non-hydrogen) atoms. The molecule has 0 aliphatic heterocycles. The predicted molar refractivity (Wildman–Crippen MR) is 78.9 cm³/mol. The minimum atomic E-state index is -1.09. The lowest BCUT2D eigenvalue weighted by molar-refractivity contribution is -0.139. The van der Waals surface area contributed by atoms with E-state index in [0.29, 0.717) is 5.69 Å². The molecule has 0 aromatic heterocycles. The number of carboxylic acid groups (broad SMARTS) is 1. The topological polar surface area (TPSA) is 84.9 Å². The lowest BCUT2D eigenvalue weighted by Gasteiger charge is -2.11. The summed E-state index contributed by atoms with van der Waals surface area (Å²) in [6, 6.07) is 4.56. The monoisotopic (exact) mass is 315 g/mol. The van der Waals surface area contributed by atoms with Crippen LogP contribution in [0.4, 0.5) is 5.69 Å². The van der Waals surface area contributed by atoms with E-state index in [-0.39, 0.29) is 29.4 Å². The lowest BCUT2D eigenvalue weighted by Crippen LogP contribution is -2.21. The summed E-state index contributed by atoms with van der Waals surface area (Å²) in [5.74, 6) is -1.14. The molecule has 1 aromatic carbocycles. The van der Waals surface area contributed by atoms with Crippen molar-refractivity contribution in [2.24, 2.45) is 0 Å². The molecule has 0 fully saturated rings. The molecule has 0 bridgehead atoms.